The highest BCUT2D eigenvalue weighted by molar-refractivity contribution is 5.90. The predicted molar refractivity (Wildman–Crippen MR) is 145 cm³/mol. The number of hydrogen-bond acceptors (Lipinski definition) is 3. The van der Waals surface area contributed by atoms with Gasteiger partial charge in [0.2, 0.25) is 0 Å². The highest BCUT2D eigenvalue weighted by Crippen LogP contribution is 2.29. The molecule has 0 aliphatic carbocycles. The molecule has 1 unspecified atom stereocenters. The van der Waals surface area contributed by atoms with Crippen LogP contribution in [0.3, 0.4) is 0 Å². The van der Waals surface area contributed by atoms with E-state index in [0.717, 1.165) is 41.9 Å². The molecule has 0 aliphatic rings. The first-order chi connectivity index (χ1) is 17.1. The summed E-state index contributed by atoms with van der Waals surface area (Å²) >= 11 is 0. The number of carbonyl (C=O) groups excluding carboxylic acids is 1. The molecule has 1 atom stereocenters. The molecule has 3 nitrogen and oxygen atoms in total. The second-order valence-corrected chi connectivity index (χ2v) is 9.65. The molecule has 186 valence electrons. The highest BCUT2D eigenvalue weighted by Gasteiger charge is 2.20. The summed E-state index contributed by atoms with van der Waals surface area (Å²) in [5, 5.41) is 0. The molecule has 0 radical (unpaired) electrons. The van der Waals surface area contributed by atoms with E-state index in [4.69, 9.17) is 9.47 Å². The Morgan fingerprint density at radius 1 is 0.743 bits per heavy atom. The van der Waals surface area contributed by atoms with Gasteiger partial charge < -0.3 is 9.47 Å². The van der Waals surface area contributed by atoms with E-state index in [-0.39, 0.29) is 12.1 Å². The van der Waals surface area contributed by atoms with Crippen LogP contribution in [-0.2, 0) is 4.74 Å². The molecule has 3 heteroatoms. The van der Waals surface area contributed by atoms with Crippen molar-refractivity contribution in [2.45, 2.75) is 71.8 Å². The maximum absolute atomic E-state index is 12.9. The summed E-state index contributed by atoms with van der Waals surface area (Å²) in [5.41, 5.74) is 3.78. The molecule has 3 aromatic rings. The summed E-state index contributed by atoms with van der Waals surface area (Å²) in [6.45, 7) is 7.28. The SMILES string of the molecule is CCCCCCCCOc1ccc(C(CC(C)C)OC(=O)c2ccc(-c3ccccc3)cc2)cc1. The maximum Gasteiger partial charge on any atom is 0.338 e. The van der Waals surface area contributed by atoms with Gasteiger partial charge in [0.05, 0.1) is 12.2 Å². The van der Waals surface area contributed by atoms with E-state index in [0.29, 0.717) is 11.5 Å². The van der Waals surface area contributed by atoms with Crippen LogP contribution in [0, 0.1) is 5.92 Å². The largest absolute Gasteiger partial charge is 0.494 e. The summed E-state index contributed by atoms with van der Waals surface area (Å²) in [6, 6.07) is 25.8. The van der Waals surface area contributed by atoms with Crippen LogP contribution in [0.2, 0.25) is 0 Å². The van der Waals surface area contributed by atoms with Gasteiger partial charge in [0.25, 0.3) is 0 Å². The van der Waals surface area contributed by atoms with E-state index in [1.54, 1.807) is 0 Å². The lowest BCUT2D eigenvalue weighted by atomic mass is 9.99. The van der Waals surface area contributed by atoms with Gasteiger partial charge in [0.1, 0.15) is 11.9 Å². The molecule has 0 aromatic heterocycles. The standard InChI is InChI=1S/C32H40O3/c1-4-5-6-7-8-12-23-34-30-21-19-28(20-22-30)31(24-25(2)3)35-32(33)29-17-15-27(16-18-29)26-13-10-9-11-14-26/h9-11,13-22,25,31H,4-8,12,23-24H2,1-3H3. The summed E-state index contributed by atoms with van der Waals surface area (Å²) in [6.07, 6.45) is 7.99. The fraction of sp³-hybridized carbons (Fsp3) is 0.406. The van der Waals surface area contributed by atoms with Gasteiger partial charge >= 0.3 is 5.97 Å². The summed E-state index contributed by atoms with van der Waals surface area (Å²) in [7, 11) is 0. The van der Waals surface area contributed by atoms with Crippen molar-refractivity contribution >= 4 is 5.97 Å². The molecule has 0 N–H and O–H groups in total. The number of rotatable bonds is 14. The normalized spacial score (nSPS) is 11.9. The van der Waals surface area contributed by atoms with Gasteiger partial charge in [0, 0.05) is 0 Å². The zero-order chi connectivity index (χ0) is 24.9. The number of unbranched alkanes of at least 4 members (excludes halogenated alkanes) is 5. The molecule has 3 rings (SSSR count). The van der Waals surface area contributed by atoms with Gasteiger partial charge in [0.15, 0.2) is 0 Å². The van der Waals surface area contributed by atoms with Crippen LogP contribution in [0.4, 0.5) is 0 Å². The first-order valence-electron chi connectivity index (χ1n) is 13.2. The number of carbonyl (C=O) groups is 1. The van der Waals surface area contributed by atoms with Gasteiger partial charge in [-0.25, -0.2) is 4.79 Å². The Bertz CT molecular complexity index is 991. The Balaban J connectivity index is 1.57. The van der Waals surface area contributed by atoms with E-state index >= 15 is 0 Å². The van der Waals surface area contributed by atoms with E-state index < -0.39 is 0 Å². The molecule has 0 saturated carbocycles. The molecule has 0 amide bonds. The van der Waals surface area contributed by atoms with Crippen molar-refractivity contribution in [3.8, 4) is 16.9 Å². The average Bonchev–Trinajstić information content (AvgIpc) is 2.88. The van der Waals surface area contributed by atoms with Crippen molar-refractivity contribution in [2.24, 2.45) is 5.92 Å². The van der Waals surface area contributed by atoms with Crippen molar-refractivity contribution < 1.29 is 14.3 Å². The van der Waals surface area contributed by atoms with Gasteiger partial charge in [-0.05, 0) is 59.7 Å². The minimum Gasteiger partial charge on any atom is -0.494 e. The van der Waals surface area contributed by atoms with Gasteiger partial charge in [-0.3, -0.25) is 0 Å². The third-order valence-corrected chi connectivity index (χ3v) is 6.18. The number of hydrogen-bond donors (Lipinski definition) is 0. The summed E-state index contributed by atoms with van der Waals surface area (Å²) in [5.74, 6) is 0.976. The van der Waals surface area contributed by atoms with Gasteiger partial charge in [-0.1, -0.05) is 107 Å². The number of benzene rings is 3. The molecule has 35 heavy (non-hydrogen) atoms. The van der Waals surface area contributed by atoms with Crippen molar-refractivity contribution in [1.82, 2.24) is 0 Å². The van der Waals surface area contributed by atoms with E-state index in [1.165, 1.54) is 32.1 Å². The number of esters is 1. The molecule has 0 spiro atoms. The average molecular weight is 473 g/mol. The third-order valence-electron chi connectivity index (χ3n) is 6.18. The van der Waals surface area contributed by atoms with E-state index in [2.05, 4.69) is 32.9 Å². The molecule has 0 aliphatic heterocycles. The molecule has 0 bridgehead atoms. The molecule has 0 heterocycles. The highest BCUT2D eigenvalue weighted by atomic mass is 16.5. The minimum atomic E-state index is -0.293. The van der Waals surface area contributed by atoms with Crippen molar-refractivity contribution in [3.05, 3.63) is 90.0 Å². The van der Waals surface area contributed by atoms with Crippen LogP contribution in [0.5, 0.6) is 5.75 Å². The molecule has 3 aromatic carbocycles. The van der Waals surface area contributed by atoms with Crippen LogP contribution in [-0.4, -0.2) is 12.6 Å². The molecule has 0 fully saturated rings. The van der Waals surface area contributed by atoms with Crippen molar-refractivity contribution in [2.75, 3.05) is 6.61 Å². The fourth-order valence-corrected chi connectivity index (χ4v) is 4.16. The minimum absolute atomic E-state index is 0.288. The monoisotopic (exact) mass is 472 g/mol. The maximum atomic E-state index is 12.9. The second-order valence-electron chi connectivity index (χ2n) is 9.65. The Morgan fingerprint density at radius 3 is 2.03 bits per heavy atom. The predicted octanol–water partition coefficient (Wildman–Crippen LogP) is 9.04. The van der Waals surface area contributed by atoms with Gasteiger partial charge in [-0.2, -0.15) is 0 Å². The first kappa shape index (κ1) is 26.5. The zero-order valence-electron chi connectivity index (χ0n) is 21.5. The zero-order valence-corrected chi connectivity index (χ0v) is 21.5. The number of ether oxygens (including phenoxy) is 2. The topological polar surface area (TPSA) is 35.5 Å². The van der Waals surface area contributed by atoms with Crippen molar-refractivity contribution in [1.29, 1.82) is 0 Å². The first-order valence-corrected chi connectivity index (χ1v) is 13.2. The van der Waals surface area contributed by atoms with Crippen LogP contribution >= 0.6 is 0 Å². The van der Waals surface area contributed by atoms with Crippen LogP contribution in [0.15, 0.2) is 78.9 Å². The Morgan fingerprint density at radius 2 is 1.37 bits per heavy atom. The summed E-state index contributed by atoms with van der Waals surface area (Å²) < 4.78 is 11.9. The van der Waals surface area contributed by atoms with Crippen LogP contribution < -0.4 is 4.74 Å². The molecule has 0 saturated heterocycles. The Kier molecular flexibility index (Phi) is 10.9. The second kappa shape index (κ2) is 14.4. The Hall–Kier alpha value is -3.07. The Labute approximate surface area is 211 Å². The van der Waals surface area contributed by atoms with Crippen LogP contribution in [0.25, 0.3) is 11.1 Å². The third kappa shape index (κ3) is 8.90. The lowest BCUT2D eigenvalue weighted by Crippen LogP contribution is -2.14. The quantitative estimate of drug-likeness (QED) is 0.173. The molecular weight excluding hydrogens is 432 g/mol. The van der Waals surface area contributed by atoms with Gasteiger partial charge in [-0.15, -0.1) is 0 Å². The van der Waals surface area contributed by atoms with E-state index in [9.17, 15) is 4.79 Å². The lowest BCUT2D eigenvalue weighted by molar-refractivity contribution is 0.0247. The lowest BCUT2D eigenvalue weighted by Gasteiger charge is -2.21. The van der Waals surface area contributed by atoms with E-state index in [1.807, 2.05) is 66.7 Å². The van der Waals surface area contributed by atoms with Crippen LogP contribution in [0.1, 0.15) is 87.7 Å². The smallest absolute Gasteiger partial charge is 0.338 e. The fourth-order valence-electron chi connectivity index (χ4n) is 4.16. The van der Waals surface area contributed by atoms with Crippen molar-refractivity contribution in [3.63, 3.8) is 0 Å². The summed E-state index contributed by atoms with van der Waals surface area (Å²) in [4.78, 5) is 12.9. The molecular formula is C32H40O3.